The van der Waals surface area contributed by atoms with Crippen LogP contribution in [0.1, 0.15) is 29.2 Å². The quantitative estimate of drug-likeness (QED) is 0.131. The maximum Gasteiger partial charge on any atom is 0.269 e. The first-order chi connectivity index (χ1) is 19.0. The van der Waals surface area contributed by atoms with Crippen LogP contribution in [0, 0.1) is 21.4 Å². The molecule has 0 aromatic heterocycles. The number of hydrogen-bond donors (Lipinski definition) is 1. The molecule has 0 aliphatic carbocycles. The molecule has 0 bridgehead atoms. The predicted molar refractivity (Wildman–Crippen MR) is 151 cm³/mol. The Morgan fingerprint density at radius 3 is 2.21 bits per heavy atom. The minimum atomic E-state index is -0.601. The molecular formula is C31H23N5O3. The summed E-state index contributed by atoms with van der Waals surface area (Å²) in [5, 5.41) is 30.0. The Morgan fingerprint density at radius 2 is 1.59 bits per heavy atom. The van der Waals surface area contributed by atoms with Crippen molar-refractivity contribution in [3.63, 3.8) is 0 Å². The number of non-ortho nitro benzene ring substituents is 1. The van der Waals surface area contributed by atoms with Crippen LogP contribution in [0.5, 0.6) is 0 Å². The first-order valence-corrected chi connectivity index (χ1v) is 12.3. The van der Waals surface area contributed by atoms with E-state index in [1.54, 1.807) is 0 Å². The molecule has 4 aromatic carbocycles. The van der Waals surface area contributed by atoms with E-state index in [2.05, 4.69) is 29.6 Å². The molecule has 1 atom stereocenters. The fourth-order valence-electron chi connectivity index (χ4n) is 4.39. The van der Waals surface area contributed by atoms with Gasteiger partial charge in [-0.1, -0.05) is 72.8 Å². The van der Waals surface area contributed by atoms with Crippen LogP contribution in [0.3, 0.4) is 0 Å². The van der Waals surface area contributed by atoms with Gasteiger partial charge in [0.1, 0.15) is 11.6 Å². The number of anilines is 2. The lowest BCUT2D eigenvalue weighted by atomic mass is 9.98. The molecule has 4 aromatic rings. The average Bonchev–Trinajstić information content (AvgIpc) is 3.43. The summed E-state index contributed by atoms with van der Waals surface area (Å²) >= 11 is 0. The molecule has 5 rings (SSSR count). The van der Waals surface area contributed by atoms with Crippen molar-refractivity contribution in [3.05, 3.63) is 142 Å². The Kier molecular flexibility index (Phi) is 7.23. The van der Waals surface area contributed by atoms with Gasteiger partial charge >= 0.3 is 0 Å². The normalized spacial score (nSPS) is 14.8. The monoisotopic (exact) mass is 513 g/mol. The fourth-order valence-corrected chi connectivity index (χ4v) is 4.39. The summed E-state index contributed by atoms with van der Waals surface area (Å²) < 4.78 is 0. The molecule has 1 amide bonds. The van der Waals surface area contributed by atoms with E-state index < -0.39 is 10.8 Å². The Hall–Kier alpha value is -5.55. The van der Waals surface area contributed by atoms with E-state index in [0.717, 1.165) is 28.9 Å². The second kappa shape index (κ2) is 11.2. The average molecular weight is 514 g/mol. The molecule has 0 spiro atoms. The Morgan fingerprint density at radius 1 is 0.949 bits per heavy atom. The molecule has 1 heterocycles. The molecule has 1 N–H and O–H groups in total. The zero-order valence-corrected chi connectivity index (χ0v) is 20.8. The van der Waals surface area contributed by atoms with Crippen LogP contribution in [-0.2, 0) is 4.79 Å². The number of nitrogens with one attached hydrogen (secondary N) is 1. The molecule has 1 unspecified atom stereocenters. The van der Waals surface area contributed by atoms with Gasteiger partial charge in [-0.05, 0) is 47.0 Å². The number of carbonyl (C=O) groups is 1. The summed E-state index contributed by atoms with van der Waals surface area (Å²) in [4.78, 5) is 23.0. The third-order valence-corrected chi connectivity index (χ3v) is 6.37. The molecule has 190 valence electrons. The molecule has 0 fully saturated rings. The lowest BCUT2D eigenvalue weighted by Gasteiger charge is -2.24. The van der Waals surface area contributed by atoms with Crippen LogP contribution in [0.4, 0.5) is 17.1 Å². The molecule has 1 aliphatic rings. The van der Waals surface area contributed by atoms with Gasteiger partial charge in [0.05, 0.1) is 22.4 Å². The fraction of sp³-hybridized carbons (Fsp3) is 0.0645. The zero-order chi connectivity index (χ0) is 27.2. The summed E-state index contributed by atoms with van der Waals surface area (Å²) in [7, 11) is 0. The van der Waals surface area contributed by atoms with Gasteiger partial charge in [0.25, 0.3) is 11.6 Å². The highest BCUT2D eigenvalue weighted by molar-refractivity contribution is 6.09. The van der Waals surface area contributed by atoms with Crippen LogP contribution >= 0.6 is 0 Å². The third kappa shape index (κ3) is 5.73. The van der Waals surface area contributed by atoms with E-state index >= 15 is 0 Å². The van der Waals surface area contributed by atoms with Crippen molar-refractivity contribution in [3.8, 4) is 6.07 Å². The van der Waals surface area contributed by atoms with Crippen LogP contribution in [0.15, 0.2) is 120 Å². The maximum atomic E-state index is 12.7. The molecule has 39 heavy (non-hydrogen) atoms. The van der Waals surface area contributed by atoms with Crippen molar-refractivity contribution in [1.29, 1.82) is 5.26 Å². The number of amides is 1. The van der Waals surface area contributed by atoms with Crippen molar-refractivity contribution in [2.45, 2.75) is 12.5 Å². The van der Waals surface area contributed by atoms with Gasteiger partial charge in [-0.15, -0.1) is 0 Å². The standard InChI is InChI=1S/C31H23N5O3/c32-21-25(31(37)33-26-13-17-28(18-14-26)36(38)39)19-22-11-15-27(16-12-22)35-30(24-9-5-2-6-10-24)20-29(34-35)23-7-3-1-4-8-23/h1-19,30H,20H2,(H,33,37)/b25-19+. The largest absolute Gasteiger partial charge is 0.321 e. The first-order valence-electron chi connectivity index (χ1n) is 12.3. The summed E-state index contributed by atoms with van der Waals surface area (Å²) in [5.74, 6) is -0.601. The molecule has 0 saturated heterocycles. The second-order valence-corrected chi connectivity index (χ2v) is 8.91. The van der Waals surface area contributed by atoms with Crippen molar-refractivity contribution in [1.82, 2.24) is 0 Å². The van der Waals surface area contributed by atoms with Crippen LogP contribution in [0.25, 0.3) is 6.08 Å². The summed E-state index contributed by atoms with van der Waals surface area (Å²) in [5.41, 5.74) is 4.99. The predicted octanol–water partition coefficient (Wildman–Crippen LogP) is 6.50. The highest BCUT2D eigenvalue weighted by atomic mass is 16.6. The van der Waals surface area contributed by atoms with E-state index in [9.17, 15) is 20.2 Å². The van der Waals surface area contributed by atoms with Gasteiger partial charge < -0.3 is 5.32 Å². The van der Waals surface area contributed by atoms with Gasteiger partial charge in [-0.2, -0.15) is 10.4 Å². The van der Waals surface area contributed by atoms with Crippen molar-refractivity contribution >= 4 is 34.8 Å². The molecule has 1 aliphatic heterocycles. The number of nitrogens with zero attached hydrogens (tertiary/aromatic N) is 4. The molecule has 8 heteroatoms. The molecular weight excluding hydrogens is 490 g/mol. The second-order valence-electron chi connectivity index (χ2n) is 8.91. The SMILES string of the molecule is N#C/C(=C\c1ccc(N2N=C(c3ccccc3)CC2c2ccccc2)cc1)C(=O)Nc1ccc([N+](=O)[O-])cc1. The maximum absolute atomic E-state index is 12.7. The number of nitro groups is 1. The summed E-state index contributed by atoms with van der Waals surface area (Å²) in [6.07, 6.45) is 2.26. The van der Waals surface area contributed by atoms with Gasteiger partial charge in [0, 0.05) is 24.2 Å². The lowest BCUT2D eigenvalue weighted by Crippen LogP contribution is -2.18. The molecule has 8 nitrogen and oxygen atoms in total. The number of hydrogen-bond acceptors (Lipinski definition) is 6. The van der Waals surface area contributed by atoms with Gasteiger partial charge in [0.2, 0.25) is 0 Å². The van der Waals surface area contributed by atoms with E-state index in [1.807, 2.05) is 71.7 Å². The Bertz CT molecular complexity index is 1590. The summed E-state index contributed by atoms with van der Waals surface area (Å²) in [6, 6.07) is 35.2. The molecule has 0 saturated carbocycles. The number of nitro benzene ring substituents is 1. The van der Waals surface area contributed by atoms with Crippen LogP contribution < -0.4 is 10.3 Å². The Balaban J connectivity index is 1.37. The number of nitriles is 1. The number of carbonyl (C=O) groups excluding carboxylic acids is 1. The van der Waals surface area contributed by atoms with Crippen molar-refractivity contribution < 1.29 is 9.72 Å². The number of rotatable bonds is 7. The summed E-state index contributed by atoms with van der Waals surface area (Å²) in [6.45, 7) is 0. The smallest absolute Gasteiger partial charge is 0.269 e. The highest BCUT2D eigenvalue weighted by Crippen LogP contribution is 2.36. The highest BCUT2D eigenvalue weighted by Gasteiger charge is 2.29. The Labute approximate surface area is 225 Å². The van der Waals surface area contributed by atoms with Crippen molar-refractivity contribution in [2.75, 3.05) is 10.3 Å². The zero-order valence-electron chi connectivity index (χ0n) is 20.8. The van der Waals surface area contributed by atoms with Crippen molar-refractivity contribution in [2.24, 2.45) is 5.10 Å². The molecule has 0 radical (unpaired) electrons. The lowest BCUT2D eigenvalue weighted by molar-refractivity contribution is -0.384. The van der Waals surface area contributed by atoms with Gasteiger partial charge in [-0.3, -0.25) is 19.9 Å². The van der Waals surface area contributed by atoms with E-state index in [-0.39, 0.29) is 17.3 Å². The van der Waals surface area contributed by atoms with Gasteiger partial charge in [-0.25, -0.2) is 0 Å². The van der Waals surface area contributed by atoms with Crippen LogP contribution in [-0.4, -0.2) is 16.5 Å². The van der Waals surface area contributed by atoms with E-state index in [1.165, 1.54) is 30.3 Å². The minimum absolute atomic E-state index is 0.0324. The number of hydrazone groups is 1. The number of benzene rings is 4. The first kappa shape index (κ1) is 25.1. The topological polar surface area (TPSA) is 112 Å². The van der Waals surface area contributed by atoms with Crippen LogP contribution in [0.2, 0.25) is 0 Å². The minimum Gasteiger partial charge on any atom is -0.321 e. The third-order valence-electron chi connectivity index (χ3n) is 6.37. The van der Waals surface area contributed by atoms with E-state index in [4.69, 9.17) is 5.10 Å². The van der Waals surface area contributed by atoms with E-state index in [0.29, 0.717) is 11.3 Å². The van der Waals surface area contributed by atoms with Gasteiger partial charge in [0.15, 0.2) is 0 Å².